The Morgan fingerprint density at radius 1 is 1.30 bits per heavy atom. The number of aromatic nitrogens is 1. The van der Waals surface area contributed by atoms with Gasteiger partial charge < -0.3 is 5.32 Å². The molecule has 1 aromatic carbocycles. The van der Waals surface area contributed by atoms with Gasteiger partial charge in [-0.2, -0.15) is 0 Å². The number of carbonyl (C=O) groups excluding carboxylic acids is 3. The molecule has 1 N–H and O–H groups in total. The van der Waals surface area contributed by atoms with E-state index in [0.717, 1.165) is 4.90 Å². The van der Waals surface area contributed by atoms with Crippen LogP contribution >= 0.6 is 22.9 Å². The van der Waals surface area contributed by atoms with Crippen LogP contribution < -0.4 is 5.32 Å². The normalized spacial score (nSPS) is 14.8. The standard InChI is InChI=1S/C15H12ClN3O3S/c1-8(12(20)18-15-17-9(6-16)7-23-15)19-13(21)10-4-2-3-5-11(10)14(19)22/h2-5,7-8H,6H2,1H3,(H,17,18,20). The van der Waals surface area contributed by atoms with Gasteiger partial charge in [-0.15, -0.1) is 22.9 Å². The molecule has 3 amide bonds. The third-order valence-electron chi connectivity index (χ3n) is 3.51. The van der Waals surface area contributed by atoms with Crippen molar-refractivity contribution < 1.29 is 14.4 Å². The van der Waals surface area contributed by atoms with Crippen molar-refractivity contribution in [3.63, 3.8) is 0 Å². The topological polar surface area (TPSA) is 79.4 Å². The zero-order valence-electron chi connectivity index (χ0n) is 12.1. The van der Waals surface area contributed by atoms with E-state index >= 15 is 0 Å². The summed E-state index contributed by atoms with van der Waals surface area (Å²) in [6.07, 6.45) is 0. The number of amides is 3. The molecule has 6 nitrogen and oxygen atoms in total. The van der Waals surface area contributed by atoms with Crippen LogP contribution in [-0.4, -0.2) is 33.6 Å². The first-order valence-electron chi connectivity index (χ1n) is 6.81. The highest BCUT2D eigenvalue weighted by molar-refractivity contribution is 7.14. The monoisotopic (exact) mass is 349 g/mol. The molecule has 1 aromatic heterocycles. The molecule has 2 heterocycles. The molecule has 3 rings (SSSR count). The van der Waals surface area contributed by atoms with Gasteiger partial charge in [0.25, 0.3) is 11.8 Å². The molecule has 118 valence electrons. The Bertz CT molecular complexity index is 770. The van der Waals surface area contributed by atoms with Gasteiger partial charge in [-0.3, -0.25) is 19.3 Å². The van der Waals surface area contributed by atoms with Gasteiger partial charge in [-0.05, 0) is 19.1 Å². The molecular weight excluding hydrogens is 338 g/mol. The molecule has 23 heavy (non-hydrogen) atoms. The fourth-order valence-electron chi connectivity index (χ4n) is 2.31. The van der Waals surface area contributed by atoms with E-state index < -0.39 is 23.8 Å². The van der Waals surface area contributed by atoms with E-state index in [-0.39, 0.29) is 5.88 Å². The van der Waals surface area contributed by atoms with Crippen molar-refractivity contribution in [2.24, 2.45) is 0 Å². The van der Waals surface area contributed by atoms with Crippen LogP contribution in [0.1, 0.15) is 33.3 Å². The molecule has 1 aliphatic heterocycles. The summed E-state index contributed by atoms with van der Waals surface area (Å²) >= 11 is 6.90. The molecule has 0 saturated carbocycles. The summed E-state index contributed by atoms with van der Waals surface area (Å²) in [6.45, 7) is 1.51. The first kappa shape index (κ1) is 15.6. The van der Waals surface area contributed by atoms with E-state index in [1.165, 1.54) is 18.3 Å². The SMILES string of the molecule is CC(C(=O)Nc1nc(CCl)cs1)N1C(=O)c2ccccc2C1=O. The van der Waals surface area contributed by atoms with Crippen molar-refractivity contribution in [1.29, 1.82) is 0 Å². The molecule has 2 aromatic rings. The van der Waals surface area contributed by atoms with Crippen LogP contribution in [-0.2, 0) is 10.7 Å². The number of benzene rings is 1. The van der Waals surface area contributed by atoms with Crippen LogP contribution in [0.2, 0.25) is 0 Å². The highest BCUT2D eigenvalue weighted by Gasteiger charge is 2.40. The Morgan fingerprint density at radius 3 is 2.43 bits per heavy atom. The Balaban J connectivity index is 1.78. The van der Waals surface area contributed by atoms with E-state index in [9.17, 15) is 14.4 Å². The predicted octanol–water partition coefficient (Wildman–Crippen LogP) is 2.51. The second-order valence-electron chi connectivity index (χ2n) is 4.97. The Hall–Kier alpha value is -2.25. The molecule has 0 fully saturated rings. The van der Waals surface area contributed by atoms with E-state index in [0.29, 0.717) is 22.0 Å². The zero-order valence-corrected chi connectivity index (χ0v) is 13.6. The number of imide groups is 1. The average molecular weight is 350 g/mol. The zero-order chi connectivity index (χ0) is 16.6. The van der Waals surface area contributed by atoms with Gasteiger partial charge in [0, 0.05) is 5.38 Å². The number of thiazole rings is 1. The molecule has 8 heteroatoms. The second-order valence-corrected chi connectivity index (χ2v) is 6.09. The maximum absolute atomic E-state index is 12.4. The summed E-state index contributed by atoms with van der Waals surface area (Å²) in [5.74, 6) is -1.15. The van der Waals surface area contributed by atoms with Crippen molar-refractivity contribution in [3.8, 4) is 0 Å². The fourth-order valence-corrected chi connectivity index (χ4v) is 3.25. The number of halogens is 1. The van der Waals surface area contributed by atoms with Gasteiger partial charge in [0.05, 0.1) is 22.7 Å². The maximum atomic E-state index is 12.4. The van der Waals surface area contributed by atoms with Crippen LogP contribution in [0.4, 0.5) is 5.13 Å². The van der Waals surface area contributed by atoms with E-state index in [1.807, 2.05) is 0 Å². The summed E-state index contributed by atoms with van der Waals surface area (Å²) < 4.78 is 0. The molecule has 0 saturated heterocycles. The van der Waals surface area contributed by atoms with Gasteiger partial charge >= 0.3 is 0 Å². The van der Waals surface area contributed by atoms with E-state index in [1.54, 1.807) is 29.6 Å². The van der Waals surface area contributed by atoms with Crippen molar-refractivity contribution in [2.45, 2.75) is 18.8 Å². The highest BCUT2D eigenvalue weighted by atomic mass is 35.5. The number of nitrogens with zero attached hydrogens (tertiary/aromatic N) is 2. The minimum Gasteiger partial charge on any atom is -0.300 e. The minimum atomic E-state index is -0.939. The Kier molecular flexibility index (Phi) is 4.14. The minimum absolute atomic E-state index is 0.250. The number of fused-ring (bicyclic) bond motifs is 1. The lowest BCUT2D eigenvalue weighted by Crippen LogP contribution is -2.45. The molecule has 1 unspecified atom stereocenters. The van der Waals surface area contributed by atoms with Crippen LogP contribution in [0.3, 0.4) is 0 Å². The quantitative estimate of drug-likeness (QED) is 0.679. The van der Waals surface area contributed by atoms with Crippen molar-refractivity contribution in [3.05, 3.63) is 46.5 Å². The second kappa shape index (κ2) is 6.10. The van der Waals surface area contributed by atoms with Crippen LogP contribution in [0.5, 0.6) is 0 Å². The van der Waals surface area contributed by atoms with Crippen molar-refractivity contribution in [2.75, 3.05) is 5.32 Å². The summed E-state index contributed by atoms with van der Waals surface area (Å²) in [6, 6.07) is 5.58. The number of alkyl halides is 1. The molecule has 0 spiro atoms. The number of anilines is 1. The third-order valence-corrected chi connectivity index (χ3v) is 4.59. The number of rotatable bonds is 4. The summed E-state index contributed by atoms with van der Waals surface area (Å²) in [5, 5.41) is 4.72. The van der Waals surface area contributed by atoms with Gasteiger partial charge in [0.2, 0.25) is 5.91 Å². The van der Waals surface area contributed by atoms with Gasteiger partial charge in [-0.1, -0.05) is 12.1 Å². The Labute approximate surface area is 141 Å². The smallest absolute Gasteiger partial charge is 0.262 e. The largest absolute Gasteiger partial charge is 0.300 e. The highest BCUT2D eigenvalue weighted by Crippen LogP contribution is 2.25. The third kappa shape index (κ3) is 2.73. The lowest BCUT2D eigenvalue weighted by Gasteiger charge is -2.21. The van der Waals surface area contributed by atoms with Gasteiger partial charge in [0.15, 0.2) is 5.13 Å². The fraction of sp³-hybridized carbons (Fsp3) is 0.200. The molecule has 0 aliphatic carbocycles. The van der Waals surface area contributed by atoms with Crippen molar-refractivity contribution in [1.82, 2.24) is 9.88 Å². The maximum Gasteiger partial charge on any atom is 0.262 e. The summed E-state index contributed by atoms with van der Waals surface area (Å²) in [4.78, 5) is 42.1. The summed E-state index contributed by atoms with van der Waals surface area (Å²) in [7, 11) is 0. The van der Waals surface area contributed by atoms with Crippen LogP contribution in [0.25, 0.3) is 0 Å². The predicted molar refractivity (Wildman–Crippen MR) is 86.7 cm³/mol. The lowest BCUT2D eigenvalue weighted by molar-refractivity contribution is -0.119. The van der Waals surface area contributed by atoms with Crippen LogP contribution in [0.15, 0.2) is 29.6 Å². The molecule has 0 radical (unpaired) electrons. The number of hydrogen-bond donors (Lipinski definition) is 1. The molecule has 0 bridgehead atoms. The molecule has 1 aliphatic rings. The lowest BCUT2D eigenvalue weighted by atomic mass is 10.1. The first-order chi connectivity index (χ1) is 11.0. The molecular formula is C15H12ClN3O3S. The van der Waals surface area contributed by atoms with Gasteiger partial charge in [0.1, 0.15) is 6.04 Å². The number of nitrogens with one attached hydrogen (secondary N) is 1. The average Bonchev–Trinajstić information content (AvgIpc) is 3.11. The van der Waals surface area contributed by atoms with Gasteiger partial charge in [-0.25, -0.2) is 4.98 Å². The number of hydrogen-bond acceptors (Lipinski definition) is 5. The molecule has 1 atom stereocenters. The van der Waals surface area contributed by atoms with Crippen molar-refractivity contribution >= 4 is 45.8 Å². The first-order valence-corrected chi connectivity index (χ1v) is 8.22. The number of carbonyl (C=O) groups is 3. The Morgan fingerprint density at radius 2 is 1.91 bits per heavy atom. The van der Waals surface area contributed by atoms with E-state index in [4.69, 9.17) is 11.6 Å². The van der Waals surface area contributed by atoms with E-state index in [2.05, 4.69) is 10.3 Å². The summed E-state index contributed by atoms with van der Waals surface area (Å²) in [5.41, 5.74) is 1.28. The van der Waals surface area contributed by atoms with Crippen LogP contribution in [0, 0.1) is 0 Å².